The molecule has 0 spiro atoms. The Kier molecular flexibility index (Phi) is 5.74. The summed E-state index contributed by atoms with van der Waals surface area (Å²) in [5.41, 5.74) is 1.95. The molecule has 2 amide bonds. The Morgan fingerprint density at radius 1 is 1.12 bits per heavy atom. The summed E-state index contributed by atoms with van der Waals surface area (Å²) in [7, 11) is 0. The van der Waals surface area contributed by atoms with Crippen LogP contribution in [0.3, 0.4) is 0 Å². The Hall–Kier alpha value is -3.43. The van der Waals surface area contributed by atoms with E-state index in [2.05, 4.69) is 31.5 Å². The maximum Gasteiger partial charge on any atom is 0.263 e. The summed E-state index contributed by atoms with van der Waals surface area (Å²) in [5.74, 6) is -0.498. The number of imidazole rings is 1. The SMILES string of the molecule is CC(NC(=O)c1cn2ccnc2s1)C(NC(=O)c1coc2ccc(Br)cc12)c1ccccc1. The van der Waals surface area contributed by atoms with Crippen LogP contribution in [0.5, 0.6) is 0 Å². The molecule has 2 unspecified atom stereocenters. The molecule has 2 aromatic carbocycles. The van der Waals surface area contributed by atoms with E-state index in [0.29, 0.717) is 21.4 Å². The van der Waals surface area contributed by atoms with E-state index >= 15 is 0 Å². The van der Waals surface area contributed by atoms with Crippen molar-refractivity contribution in [2.45, 2.75) is 19.0 Å². The van der Waals surface area contributed by atoms with Crippen LogP contribution >= 0.6 is 27.3 Å². The molecule has 2 N–H and O–H groups in total. The minimum atomic E-state index is -0.455. The number of hydrogen-bond acceptors (Lipinski definition) is 5. The van der Waals surface area contributed by atoms with Crippen molar-refractivity contribution in [1.29, 1.82) is 0 Å². The van der Waals surface area contributed by atoms with Crippen LogP contribution in [0.25, 0.3) is 15.9 Å². The van der Waals surface area contributed by atoms with E-state index in [1.807, 2.05) is 59.9 Å². The molecule has 5 rings (SSSR count). The number of fused-ring (bicyclic) bond motifs is 2. The summed E-state index contributed by atoms with van der Waals surface area (Å²) in [4.78, 5) is 31.7. The molecule has 166 valence electrons. The first-order valence-corrected chi connectivity index (χ1v) is 11.9. The minimum Gasteiger partial charge on any atom is -0.463 e. The van der Waals surface area contributed by atoms with Gasteiger partial charge in [0.2, 0.25) is 0 Å². The van der Waals surface area contributed by atoms with Gasteiger partial charge in [0, 0.05) is 28.4 Å². The van der Waals surface area contributed by atoms with E-state index in [1.54, 1.807) is 18.6 Å². The van der Waals surface area contributed by atoms with Crippen LogP contribution in [0.4, 0.5) is 0 Å². The average Bonchev–Trinajstić information content (AvgIpc) is 3.52. The molecule has 0 aliphatic rings. The lowest BCUT2D eigenvalue weighted by molar-refractivity contribution is 0.0889. The number of carbonyl (C=O) groups is 2. The van der Waals surface area contributed by atoms with Gasteiger partial charge in [0.05, 0.1) is 17.6 Å². The van der Waals surface area contributed by atoms with Crippen LogP contribution in [0.15, 0.2) is 82.3 Å². The molecule has 0 saturated carbocycles. The molecule has 0 aliphatic heterocycles. The number of nitrogens with zero attached hydrogens (tertiary/aromatic N) is 2. The van der Waals surface area contributed by atoms with Gasteiger partial charge in [0.25, 0.3) is 11.8 Å². The Morgan fingerprint density at radius 2 is 1.94 bits per heavy atom. The van der Waals surface area contributed by atoms with Crippen LogP contribution in [-0.4, -0.2) is 27.2 Å². The van der Waals surface area contributed by atoms with Gasteiger partial charge < -0.3 is 15.1 Å². The fourth-order valence-corrected chi connectivity index (χ4v) is 4.96. The normalized spacial score (nSPS) is 13.2. The van der Waals surface area contributed by atoms with Gasteiger partial charge in [-0.1, -0.05) is 57.6 Å². The molecule has 0 radical (unpaired) electrons. The minimum absolute atomic E-state index is 0.217. The average molecular weight is 523 g/mol. The summed E-state index contributed by atoms with van der Waals surface area (Å²) >= 11 is 4.76. The van der Waals surface area contributed by atoms with Crippen molar-refractivity contribution in [3.05, 3.63) is 93.9 Å². The third kappa shape index (κ3) is 4.29. The third-order valence-electron chi connectivity index (χ3n) is 5.40. The van der Waals surface area contributed by atoms with E-state index in [1.165, 1.54) is 17.6 Å². The Bertz CT molecular complexity index is 1430. The first kappa shape index (κ1) is 21.4. The topological polar surface area (TPSA) is 88.6 Å². The maximum absolute atomic E-state index is 13.2. The first-order chi connectivity index (χ1) is 16.0. The smallest absolute Gasteiger partial charge is 0.263 e. The number of aromatic nitrogens is 2. The molecule has 33 heavy (non-hydrogen) atoms. The van der Waals surface area contributed by atoms with Crippen LogP contribution in [0.1, 0.15) is 38.6 Å². The number of rotatable bonds is 6. The molecule has 5 aromatic rings. The number of halogens is 1. The van der Waals surface area contributed by atoms with E-state index in [9.17, 15) is 9.59 Å². The fraction of sp³-hybridized carbons (Fsp3) is 0.125. The molecule has 0 bridgehead atoms. The number of furan rings is 1. The predicted molar refractivity (Wildman–Crippen MR) is 131 cm³/mol. The number of hydrogen-bond donors (Lipinski definition) is 2. The molecular formula is C24H19BrN4O3S. The van der Waals surface area contributed by atoms with Gasteiger partial charge in [-0.05, 0) is 30.7 Å². The standard InChI is InChI=1S/C24H19BrN4O3S/c1-14(27-23(31)20-12-29-10-9-26-24(29)33-20)21(15-5-3-2-4-6-15)28-22(30)18-13-32-19-8-7-16(25)11-17(18)19/h2-14,21H,1H3,(H,27,31)(H,28,30). The highest BCUT2D eigenvalue weighted by Gasteiger charge is 2.26. The van der Waals surface area contributed by atoms with Gasteiger partial charge in [-0.25, -0.2) is 4.98 Å². The summed E-state index contributed by atoms with van der Waals surface area (Å²) in [6.07, 6.45) is 6.70. The molecular weight excluding hydrogens is 504 g/mol. The number of carbonyl (C=O) groups excluding carboxylic acids is 2. The van der Waals surface area contributed by atoms with E-state index < -0.39 is 6.04 Å². The van der Waals surface area contributed by atoms with Crippen molar-refractivity contribution < 1.29 is 14.0 Å². The zero-order valence-electron chi connectivity index (χ0n) is 17.5. The van der Waals surface area contributed by atoms with E-state index in [0.717, 1.165) is 15.0 Å². The van der Waals surface area contributed by atoms with Gasteiger partial charge in [-0.15, -0.1) is 0 Å². The summed E-state index contributed by atoms with van der Waals surface area (Å²) < 4.78 is 8.22. The Balaban J connectivity index is 1.40. The van der Waals surface area contributed by atoms with Gasteiger partial charge in [0.1, 0.15) is 16.7 Å². The van der Waals surface area contributed by atoms with Gasteiger partial charge in [-0.2, -0.15) is 0 Å². The molecule has 2 atom stereocenters. The maximum atomic E-state index is 13.2. The molecule has 3 heterocycles. The third-order valence-corrected chi connectivity index (χ3v) is 6.90. The second kappa shape index (κ2) is 8.84. The summed E-state index contributed by atoms with van der Waals surface area (Å²) in [5, 5.41) is 6.82. The van der Waals surface area contributed by atoms with Crippen LogP contribution in [-0.2, 0) is 0 Å². The van der Waals surface area contributed by atoms with Crippen LogP contribution in [0.2, 0.25) is 0 Å². The monoisotopic (exact) mass is 522 g/mol. The van der Waals surface area contributed by atoms with Crippen molar-refractivity contribution in [2.24, 2.45) is 0 Å². The quantitative estimate of drug-likeness (QED) is 0.321. The Labute approximate surface area is 201 Å². The van der Waals surface area contributed by atoms with Crippen molar-refractivity contribution in [3.63, 3.8) is 0 Å². The zero-order valence-corrected chi connectivity index (χ0v) is 19.9. The zero-order chi connectivity index (χ0) is 22.9. The molecule has 7 nitrogen and oxygen atoms in total. The second-order valence-corrected chi connectivity index (χ2v) is 9.55. The highest BCUT2D eigenvalue weighted by atomic mass is 79.9. The van der Waals surface area contributed by atoms with E-state index in [4.69, 9.17) is 4.42 Å². The lowest BCUT2D eigenvalue weighted by Gasteiger charge is -2.26. The van der Waals surface area contributed by atoms with Crippen molar-refractivity contribution >= 4 is 55.0 Å². The fourth-order valence-electron chi connectivity index (χ4n) is 3.75. The predicted octanol–water partition coefficient (Wildman–Crippen LogP) is 5.19. The number of amides is 2. The molecule has 0 fully saturated rings. The molecule has 9 heteroatoms. The van der Waals surface area contributed by atoms with Gasteiger partial charge in [-0.3, -0.25) is 14.0 Å². The van der Waals surface area contributed by atoms with Crippen molar-refractivity contribution in [1.82, 2.24) is 20.0 Å². The van der Waals surface area contributed by atoms with Crippen molar-refractivity contribution in [3.8, 4) is 0 Å². The highest BCUT2D eigenvalue weighted by molar-refractivity contribution is 9.10. The lowest BCUT2D eigenvalue weighted by atomic mass is 9.99. The molecule has 0 saturated heterocycles. The van der Waals surface area contributed by atoms with Crippen molar-refractivity contribution in [2.75, 3.05) is 0 Å². The largest absolute Gasteiger partial charge is 0.463 e. The van der Waals surface area contributed by atoms with Gasteiger partial charge in [0.15, 0.2) is 4.96 Å². The van der Waals surface area contributed by atoms with Crippen LogP contribution < -0.4 is 10.6 Å². The number of benzene rings is 2. The summed E-state index contributed by atoms with van der Waals surface area (Å²) in [6, 6.07) is 14.3. The second-order valence-electron chi connectivity index (χ2n) is 7.63. The highest BCUT2D eigenvalue weighted by Crippen LogP contribution is 2.26. The summed E-state index contributed by atoms with van der Waals surface area (Å²) in [6.45, 7) is 1.87. The van der Waals surface area contributed by atoms with E-state index in [-0.39, 0.29) is 17.9 Å². The molecule has 3 aromatic heterocycles. The van der Waals surface area contributed by atoms with Crippen LogP contribution in [0, 0.1) is 0 Å². The molecule has 0 aliphatic carbocycles. The Morgan fingerprint density at radius 3 is 2.73 bits per heavy atom. The lowest BCUT2D eigenvalue weighted by Crippen LogP contribution is -2.44. The number of thiazole rings is 1. The van der Waals surface area contributed by atoms with Gasteiger partial charge >= 0.3 is 0 Å². The number of nitrogens with one attached hydrogen (secondary N) is 2. The first-order valence-electron chi connectivity index (χ1n) is 10.3.